The largest absolute Gasteiger partial charge is 0.497 e. The summed E-state index contributed by atoms with van der Waals surface area (Å²) in [4.78, 5) is 27.7. The Labute approximate surface area is 190 Å². The molecule has 7 heteroatoms. The predicted molar refractivity (Wildman–Crippen MR) is 122 cm³/mol. The fourth-order valence-electron chi connectivity index (χ4n) is 3.49. The van der Waals surface area contributed by atoms with Gasteiger partial charge in [0.2, 0.25) is 0 Å². The van der Waals surface area contributed by atoms with E-state index in [0.717, 1.165) is 5.56 Å². The molecule has 0 unspecified atom stereocenters. The Morgan fingerprint density at radius 3 is 2.19 bits per heavy atom. The lowest BCUT2D eigenvalue weighted by molar-refractivity contribution is -0.136. The summed E-state index contributed by atoms with van der Waals surface area (Å²) in [6, 6.07) is 19.8. The summed E-state index contributed by atoms with van der Waals surface area (Å²) in [5, 5.41) is 3.63. The van der Waals surface area contributed by atoms with Gasteiger partial charge in [-0.1, -0.05) is 35.9 Å². The average molecular weight is 451 g/mol. The molecule has 32 heavy (non-hydrogen) atoms. The van der Waals surface area contributed by atoms with Gasteiger partial charge >= 0.3 is 0 Å². The molecule has 0 atom stereocenters. The molecule has 0 fully saturated rings. The highest BCUT2D eigenvalue weighted by molar-refractivity contribution is 6.36. The summed E-state index contributed by atoms with van der Waals surface area (Å²) in [7, 11) is 1.57. The zero-order valence-corrected chi connectivity index (χ0v) is 18.0. The molecule has 4 rings (SSSR count). The fourth-order valence-corrected chi connectivity index (χ4v) is 3.62. The van der Waals surface area contributed by atoms with Crippen LogP contribution in [0.4, 0.5) is 10.1 Å². The summed E-state index contributed by atoms with van der Waals surface area (Å²) in [5.41, 5.74) is 2.54. The summed E-state index contributed by atoms with van der Waals surface area (Å²) in [5.74, 6) is -0.467. The van der Waals surface area contributed by atoms with Crippen LogP contribution in [0.15, 0.2) is 78.5 Å². The van der Waals surface area contributed by atoms with Gasteiger partial charge < -0.3 is 10.1 Å². The number of methoxy groups -OCH3 is 1. The average Bonchev–Trinajstić information content (AvgIpc) is 3.03. The monoisotopic (exact) mass is 450 g/mol. The van der Waals surface area contributed by atoms with Crippen LogP contribution >= 0.6 is 11.6 Å². The van der Waals surface area contributed by atoms with Crippen molar-refractivity contribution in [1.29, 1.82) is 0 Å². The van der Waals surface area contributed by atoms with Crippen molar-refractivity contribution in [2.75, 3.05) is 19.0 Å². The zero-order valence-electron chi connectivity index (χ0n) is 17.3. The van der Waals surface area contributed by atoms with Crippen molar-refractivity contribution < 1.29 is 18.7 Å². The van der Waals surface area contributed by atoms with Gasteiger partial charge in [-0.3, -0.25) is 14.5 Å². The second-order valence-electron chi connectivity index (χ2n) is 7.25. The molecule has 0 aromatic heterocycles. The molecule has 0 saturated carbocycles. The van der Waals surface area contributed by atoms with Gasteiger partial charge in [0.25, 0.3) is 11.8 Å². The first-order chi connectivity index (χ1) is 15.5. The van der Waals surface area contributed by atoms with Gasteiger partial charge in [-0.2, -0.15) is 0 Å². The van der Waals surface area contributed by atoms with Gasteiger partial charge in [-0.25, -0.2) is 4.39 Å². The molecule has 2 amide bonds. The number of anilines is 1. The highest BCUT2D eigenvalue weighted by Crippen LogP contribution is 2.31. The number of hydrogen-bond acceptors (Lipinski definition) is 4. The Morgan fingerprint density at radius 1 is 0.906 bits per heavy atom. The number of nitrogens with one attached hydrogen (secondary N) is 1. The lowest BCUT2D eigenvalue weighted by Crippen LogP contribution is -2.34. The third kappa shape index (κ3) is 4.50. The van der Waals surface area contributed by atoms with E-state index in [2.05, 4.69) is 5.32 Å². The Morgan fingerprint density at radius 2 is 1.56 bits per heavy atom. The number of amides is 2. The first kappa shape index (κ1) is 21.6. The predicted octanol–water partition coefficient (Wildman–Crippen LogP) is 4.92. The molecule has 5 nitrogen and oxygen atoms in total. The fraction of sp³-hybridized carbons (Fsp3) is 0.120. The molecule has 0 radical (unpaired) electrons. The van der Waals surface area contributed by atoms with Crippen LogP contribution in [0.3, 0.4) is 0 Å². The summed E-state index contributed by atoms with van der Waals surface area (Å²) in [6.07, 6.45) is 0.418. The van der Waals surface area contributed by atoms with Crippen molar-refractivity contribution in [3.05, 3.63) is 100 Å². The first-order valence-corrected chi connectivity index (χ1v) is 10.4. The van der Waals surface area contributed by atoms with Crippen LogP contribution in [0, 0.1) is 5.82 Å². The number of hydrogen-bond donors (Lipinski definition) is 1. The maximum Gasteiger partial charge on any atom is 0.278 e. The molecule has 0 spiro atoms. The summed E-state index contributed by atoms with van der Waals surface area (Å²) in [6.45, 7) is 0.175. The first-order valence-electron chi connectivity index (χ1n) is 9.98. The summed E-state index contributed by atoms with van der Waals surface area (Å²) < 4.78 is 18.3. The Hall–Kier alpha value is -3.64. The van der Waals surface area contributed by atoms with E-state index in [1.807, 2.05) is 0 Å². The van der Waals surface area contributed by atoms with Crippen LogP contribution in [0.25, 0.3) is 5.57 Å². The smallest absolute Gasteiger partial charge is 0.278 e. The highest BCUT2D eigenvalue weighted by Gasteiger charge is 2.38. The SMILES string of the molecule is COc1ccc(NC2=C(c3ccc(Cl)cc3)C(=O)N(CCc3ccc(F)cc3)C2=O)cc1. The molecule has 3 aromatic carbocycles. The molecule has 1 heterocycles. The highest BCUT2D eigenvalue weighted by atomic mass is 35.5. The van der Waals surface area contributed by atoms with E-state index in [0.29, 0.717) is 28.4 Å². The van der Waals surface area contributed by atoms with E-state index in [4.69, 9.17) is 16.3 Å². The second kappa shape index (κ2) is 9.24. The van der Waals surface area contributed by atoms with E-state index in [9.17, 15) is 14.0 Å². The molecule has 1 aliphatic heterocycles. The molecule has 162 valence electrons. The molecule has 1 N–H and O–H groups in total. The molecular weight excluding hydrogens is 431 g/mol. The van der Waals surface area contributed by atoms with E-state index in [-0.39, 0.29) is 23.6 Å². The minimum atomic E-state index is -0.419. The number of rotatable bonds is 7. The van der Waals surface area contributed by atoms with Gasteiger partial charge in [0.05, 0.1) is 12.7 Å². The Bertz CT molecular complexity index is 1170. The third-order valence-electron chi connectivity index (χ3n) is 5.20. The lowest BCUT2D eigenvalue weighted by Gasteiger charge is -2.15. The minimum Gasteiger partial charge on any atom is -0.497 e. The zero-order chi connectivity index (χ0) is 22.7. The van der Waals surface area contributed by atoms with E-state index in [1.165, 1.54) is 17.0 Å². The standard InChI is InChI=1S/C25H20ClFN2O3/c1-32-21-12-10-20(11-13-21)28-23-22(17-4-6-18(26)7-5-17)24(30)29(25(23)31)15-14-16-2-8-19(27)9-3-16/h2-13,28H,14-15H2,1H3. The van der Waals surface area contributed by atoms with Crippen molar-refractivity contribution >= 4 is 34.7 Å². The van der Waals surface area contributed by atoms with Gasteiger partial charge in [0, 0.05) is 17.3 Å². The van der Waals surface area contributed by atoms with Gasteiger partial charge in [0.15, 0.2) is 0 Å². The van der Waals surface area contributed by atoms with Gasteiger partial charge in [-0.05, 0) is 66.1 Å². The number of nitrogens with zero attached hydrogens (tertiary/aromatic N) is 1. The van der Waals surface area contributed by atoms with Crippen molar-refractivity contribution in [3.63, 3.8) is 0 Å². The Kier molecular flexibility index (Phi) is 6.23. The third-order valence-corrected chi connectivity index (χ3v) is 5.45. The molecular formula is C25H20ClFN2O3. The van der Waals surface area contributed by atoms with Crippen LogP contribution in [0.1, 0.15) is 11.1 Å². The molecule has 0 bridgehead atoms. The van der Waals surface area contributed by atoms with Crippen molar-refractivity contribution in [1.82, 2.24) is 4.90 Å². The van der Waals surface area contributed by atoms with Crippen LogP contribution < -0.4 is 10.1 Å². The minimum absolute atomic E-state index is 0.175. The van der Waals surface area contributed by atoms with E-state index in [1.54, 1.807) is 67.8 Å². The second-order valence-corrected chi connectivity index (χ2v) is 7.69. The topological polar surface area (TPSA) is 58.6 Å². The number of imide groups is 1. The van der Waals surface area contributed by atoms with Crippen LogP contribution in [-0.2, 0) is 16.0 Å². The van der Waals surface area contributed by atoms with Crippen molar-refractivity contribution in [3.8, 4) is 5.75 Å². The van der Waals surface area contributed by atoms with Crippen LogP contribution in [0.5, 0.6) is 5.75 Å². The maximum atomic E-state index is 13.3. The number of benzene rings is 3. The van der Waals surface area contributed by atoms with Gasteiger partial charge in [-0.15, -0.1) is 0 Å². The van der Waals surface area contributed by atoms with E-state index >= 15 is 0 Å². The molecule has 3 aromatic rings. The maximum absolute atomic E-state index is 13.3. The van der Waals surface area contributed by atoms with Crippen LogP contribution in [-0.4, -0.2) is 30.4 Å². The molecule has 0 saturated heterocycles. The normalized spacial score (nSPS) is 13.7. The summed E-state index contributed by atoms with van der Waals surface area (Å²) >= 11 is 6.00. The van der Waals surface area contributed by atoms with E-state index < -0.39 is 11.8 Å². The number of carbonyl (C=O) groups excluding carboxylic acids is 2. The number of carbonyl (C=O) groups is 2. The number of ether oxygens (including phenoxy) is 1. The number of halogens is 2. The van der Waals surface area contributed by atoms with Gasteiger partial charge in [0.1, 0.15) is 17.3 Å². The van der Waals surface area contributed by atoms with Crippen molar-refractivity contribution in [2.24, 2.45) is 0 Å². The molecule has 0 aliphatic carbocycles. The molecule has 1 aliphatic rings. The Balaban J connectivity index is 1.64. The van der Waals surface area contributed by atoms with Crippen molar-refractivity contribution in [2.45, 2.75) is 6.42 Å². The lowest BCUT2D eigenvalue weighted by atomic mass is 10.0. The quantitative estimate of drug-likeness (QED) is 0.519. The van der Waals surface area contributed by atoms with Crippen LogP contribution in [0.2, 0.25) is 5.02 Å².